The van der Waals surface area contributed by atoms with Crippen LogP contribution in [-0.2, 0) is 39.3 Å². The number of hydrogen-bond acceptors (Lipinski definition) is 7. The molecular formula is C44H60F5N5O3S. The van der Waals surface area contributed by atoms with E-state index in [0.717, 1.165) is 94.6 Å². The third-order valence-corrected chi connectivity index (χ3v) is 14.9. The molecule has 0 spiro atoms. The van der Waals surface area contributed by atoms with Crippen LogP contribution in [0.15, 0.2) is 35.5 Å². The number of rotatable bonds is 14. The lowest BCUT2D eigenvalue weighted by molar-refractivity contribution is -0.146. The standard InChI is InChI=1S/C44H60F5N5O3S/c1-2-43(45,46)35-22-30(23-36(40(35)50)44(47,48)49)24-39(42(56)54-19-17-53(18-20-54)38-25-51-16-15-31-13-14-34(31)38)57-21-3-4-28-5-7-29(8-6-28)9-10-32-11-12-33-26-58-27-37(33)52-41(32)55/h2,22-23,26-29,31-32,34,38-39,51H,1,3-21,24-25,50H2,(H,52,55)/t28?,29?,31?,32-,34?,38?,39-/m1/s1. The highest BCUT2D eigenvalue weighted by atomic mass is 32.1. The molecule has 2 aliphatic carbocycles. The minimum absolute atomic E-state index is 0.0408. The molecule has 5 aliphatic rings. The van der Waals surface area contributed by atoms with Crippen molar-refractivity contribution in [1.29, 1.82) is 0 Å². The van der Waals surface area contributed by atoms with Gasteiger partial charge in [-0.15, -0.1) is 11.3 Å². The molecule has 1 aromatic carbocycles. The Bertz CT molecular complexity index is 1740. The van der Waals surface area contributed by atoms with Crippen LogP contribution in [0, 0.1) is 29.6 Å². The summed E-state index contributed by atoms with van der Waals surface area (Å²) < 4.78 is 78.4. The van der Waals surface area contributed by atoms with E-state index in [1.165, 1.54) is 24.8 Å². The maximum atomic E-state index is 14.9. The van der Waals surface area contributed by atoms with Crippen molar-refractivity contribution in [3.05, 3.63) is 57.8 Å². The number of aryl methyl sites for hydroxylation is 1. The molecule has 58 heavy (non-hydrogen) atoms. The van der Waals surface area contributed by atoms with Crippen LogP contribution < -0.4 is 16.4 Å². The lowest BCUT2D eigenvalue weighted by Gasteiger charge is -2.47. The summed E-state index contributed by atoms with van der Waals surface area (Å²) in [7, 11) is 0. The highest BCUT2D eigenvalue weighted by Crippen LogP contribution is 2.44. The van der Waals surface area contributed by atoms with Gasteiger partial charge in [0, 0.05) is 68.7 Å². The van der Waals surface area contributed by atoms with E-state index < -0.39 is 35.0 Å². The molecule has 320 valence electrons. The summed E-state index contributed by atoms with van der Waals surface area (Å²) in [5.74, 6) is -1.47. The molecule has 4 fully saturated rings. The van der Waals surface area contributed by atoms with Crippen molar-refractivity contribution in [2.45, 2.75) is 114 Å². The van der Waals surface area contributed by atoms with Crippen LogP contribution >= 0.6 is 11.3 Å². The molecular weight excluding hydrogens is 774 g/mol. The Morgan fingerprint density at radius 2 is 1.67 bits per heavy atom. The number of carbonyl (C=O) groups is 2. The second kappa shape index (κ2) is 18.7. The number of alkyl halides is 5. The quantitative estimate of drug-likeness (QED) is 0.0764. The number of amides is 2. The molecule has 2 saturated carbocycles. The number of anilines is 2. The van der Waals surface area contributed by atoms with Crippen LogP contribution in [0.2, 0.25) is 0 Å². The van der Waals surface area contributed by atoms with Gasteiger partial charge >= 0.3 is 6.18 Å². The molecule has 7 rings (SSSR count). The molecule has 4 N–H and O–H groups in total. The fourth-order valence-corrected chi connectivity index (χ4v) is 11.2. The van der Waals surface area contributed by atoms with E-state index in [2.05, 4.69) is 27.5 Å². The molecule has 0 bridgehead atoms. The van der Waals surface area contributed by atoms with Gasteiger partial charge in [-0.2, -0.15) is 22.0 Å². The van der Waals surface area contributed by atoms with Gasteiger partial charge in [0.1, 0.15) is 6.10 Å². The van der Waals surface area contributed by atoms with E-state index in [0.29, 0.717) is 56.4 Å². The molecule has 2 saturated heterocycles. The highest BCUT2D eigenvalue weighted by molar-refractivity contribution is 7.08. The predicted molar refractivity (Wildman–Crippen MR) is 218 cm³/mol. The molecule has 2 aromatic rings. The predicted octanol–water partition coefficient (Wildman–Crippen LogP) is 8.65. The molecule has 14 heteroatoms. The van der Waals surface area contributed by atoms with Crippen LogP contribution in [0.4, 0.5) is 33.3 Å². The van der Waals surface area contributed by atoms with E-state index in [9.17, 15) is 31.5 Å². The van der Waals surface area contributed by atoms with Crippen LogP contribution in [0.5, 0.6) is 0 Å². The number of fused-ring (bicyclic) bond motifs is 2. The number of nitrogens with one attached hydrogen (secondary N) is 2. The summed E-state index contributed by atoms with van der Waals surface area (Å²) in [6, 6.07) is 2.15. The van der Waals surface area contributed by atoms with Crippen molar-refractivity contribution < 1.29 is 36.3 Å². The molecule has 1 aromatic heterocycles. The number of nitrogens with zero attached hydrogens (tertiary/aromatic N) is 2. The van der Waals surface area contributed by atoms with Gasteiger partial charge in [0.15, 0.2) is 0 Å². The molecule has 3 unspecified atom stereocenters. The molecule has 0 radical (unpaired) electrons. The maximum Gasteiger partial charge on any atom is 0.418 e. The zero-order valence-corrected chi connectivity index (χ0v) is 34.3. The van der Waals surface area contributed by atoms with E-state index in [-0.39, 0.29) is 42.4 Å². The first-order valence-corrected chi connectivity index (χ1v) is 22.5. The Hall–Kier alpha value is -3.07. The summed E-state index contributed by atoms with van der Waals surface area (Å²) >= 11 is 1.62. The van der Waals surface area contributed by atoms with Crippen LogP contribution in [0.3, 0.4) is 0 Å². The van der Waals surface area contributed by atoms with Crippen molar-refractivity contribution >= 4 is 34.5 Å². The van der Waals surface area contributed by atoms with Crippen LogP contribution in [-0.4, -0.2) is 79.6 Å². The van der Waals surface area contributed by atoms with Crippen molar-refractivity contribution in [3.63, 3.8) is 0 Å². The number of piperazine rings is 1. The summed E-state index contributed by atoms with van der Waals surface area (Å²) in [5.41, 5.74) is 4.40. The first-order chi connectivity index (χ1) is 27.8. The third-order valence-electron chi connectivity index (χ3n) is 14.1. The Balaban J connectivity index is 0.948. The van der Waals surface area contributed by atoms with E-state index in [1.54, 1.807) is 16.2 Å². The minimum atomic E-state index is -4.98. The number of hydrogen-bond donors (Lipinski definition) is 3. The van der Waals surface area contributed by atoms with Crippen molar-refractivity contribution in [2.24, 2.45) is 29.6 Å². The Morgan fingerprint density at radius 1 is 0.948 bits per heavy atom. The summed E-state index contributed by atoms with van der Waals surface area (Å²) in [5, 5.41) is 10.8. The SMILES string of the molecule is C=CC(F)(F)c1cc(C[C@@H](OCCCC2CCC(CC[C@@H]3CCc4cscc4NC3=O)CC2)C(=O)N2CCN(C3CNCCC4CCC43)CC2)cc(C(F)(F)F)c1N. The van der Waals surface area contributed by atoms with E-state index >= 15 is 0 Å². The fourth-order valence-electron chi connectivity index (χ4n) is 10.3. The van der Waals surface area contributed by atoms with E-state index in [1.807, 2.05) is 5.38 Å². The van der Waals surface area contributed by atoms with Gasteiger partial charge in [0.25, 0.3) is 11.8 Å². The minimum Gasteiger partial charge on any atom is -0.398 e. The first-order valence-electron chi connectivity index (χ1n) is 21.5. The molecule has 3 aliphatic heterocycles. The second-order valence-electron chi connectivity index (χ2n) is 17.6. The van der Waals surface area contributed by atoms with Gasteiger partial charge in [0.2, 0.25) is 5.91 Å². The first kappa shape index (κ1) is 43.0. The average molecular weight is 834 g/mol. The zero-order chi connectivity index (χ0) is 41.0. The molecule has 2 amide bonds. The lowest BCUT2D eigenvalue weighted by Crippen LogP contribution is -2.58. The second-order valence-corrected chi connectivity index (χ2v) is 18.3. The Labute approximate surface area is 343 Å². The molecule has 8 nitrogen and oxygen atoms in total. The van der Waals surface area contributed by atoms with Gasteiger partial charge in [0.05, 0.1) is 16.9 Å². The van der Waals surface area contributed by atoms with Gasteiger partial charge in [-0.1, -0.05) is 32.3 Å². The van der Waals surface area contributed by atoms with Crippen LogP contribution in [0.25, 0.3) is 0 Å². The summed E-state index contributed by atoms with van der Waals surface area (Å²) in [6.45, 7) is 7.60. The molecule has 5 atom stereocenters. The normalized spacial score (nSPS) is 27.7. The van der Waals surface area contributed by atoms with Gasteiger partial charge in [-0.25, -0.2) is 0 Å². The highest BCUT2D eigenvalue weighted by Gasteiger charge is 2.43. The third kappa shape index (κ3) is 10.1. The number of allylic oxidation sites excluding steroid dienone is 1. The monoisotopic (exact) mass is 833 g/mol. The number of nitrogen functional groups attached to an aromatic ring is 1. The Kier molecular flexibility index (Phi) is 13.9. The maximum absolute atomic E-state index is 14.9. The Morgan fingerprint density at radius 3 is 2.36 bits per heavy atom. The topological polar surface area (TPSA) is 99.9 Å². The van der Waals surface area contributed by atoms with Crippen LogP contribution in [0.1, 0.15) is 99.3 Å². The molecule has 4 heterocycles. The van der Waals surface area contributed by atoms with Gasteiger partial charge < -0.3 is 26.0 Å². The summed E-state index contributed by atoms with van der Waals surface area (Å²) in [6.07, 6.45) is 7.24. The smallest absolute Gasteiger partial charge is 0.398 e. The number of nitrogens with two attached hydrogens (primary N) is 1. The number of carbonyl (C=O) groups excluding carboxylic acids is 2. The zero-order valence-electron chi connectivity index (χ0n) is 33.5. The number of thiophene rings is 1. The van der Waals surface area contributed by atoms with Gasteiger partial charge in [-0.05, 0) is 123 Å². The average Bonchev–Trinajstić information content (AvgIpc) is 3.50. The largest absolute Gasteiger partial charge is 0.418 e. The number of benzene rings is 1. The summed E-state index contributed by atoms with van der Waals surface area (Å²) in [4.78, 5) is 31.2. The van der Waals surface area contributed by atoms with Crippen molar-refractivity contribution in [1.82, 2.24) is 15.1 Å². The number of ether oxygens (including phenoxy) is 1. The van der Waals surface area contributed by atoms with Crippen molar-refractivity contribution in [3.8, 4) is 0 Å². The van der Waals surface area contributed by atoms with E-state index in [4.69, 9.17) is 10.5 Å². The fraction of sp³-hybridized carbons (Fsp3) is 0.682. The lowest BCUT2D eigenvalue weighted by atomic mass is 9.68. The number of halogens is 5. The van der Waals surface area contributed by atoms with Crippen molar-refractivity contribution in [2.75, 3.05) is 56.9 Å². The van der Waals surface area contributed by atoms with Gasteiger partial charge in [-0.3, -0.25) is 14.5 Å².